The van der Waals surface area contributed by atoms with Crippen LogP contribution in [-0.4, -0.2) is 36.3 Å². The van der Waals surface area contributed by atoms with Gasteiger partial charge in [0, 0.05) is 5.02 Å². The minimum Gasteiger partial charge on any atom is -0.495 e. The molecule has 3 rings (SSSR count). The maximum atomic E-state index is 12.4. The number of likely N-dealkylation sites (tertiary alicyclic amines) is 1. The van der Waals surface area contributed by atoms with E-state index >= 15 is 0 Å². The number of fused-ring (bicyclic) bond motifs is 1. The Hall–Kier alpha value is -2.34. The summed E-state index contributed by atoms with van der Waals surface area (Å²) in [7, 11) is 1.48. The highest BCUT2D eigenvalue weighted by Crippen LogP contribution is 2.35. The molecular weight excluding hydrogens is 332 g/mol. The van der Waals surface area contributed by atoms with Crippen LogP contribution in [0.4, 0.5) is 5.69 Å². The van der Waals surface area contributed by atoms with Gasteiger partial charge in [0.25, 0.3) is 0 Å². The van der Waals surface area contributed by atoms with E-state index in [0.717, 1.165) is 4.90 Å². The Labute approximate surface area is 144 Å². The highest BCUT2D eigenvalue weighted by atomic mass is 35.5. The van der Waals surface area contributed by atoms with E-state index in [1.807, 2.05) is 12.2 Å². The van der Waals surface area contributed by atoms with Crippen LogP contribution in [0, 0.1) is 11.8 Å². The number of allylic oxidation sites excluding steroid dienone is 2. The lowest BCUT2D eigenvalue weighted by Gasteiger charge is -2.15. The average molecular weight is 349 g/mol. The van der Waals surface area contributed by atoms with E-state index in [2.05, 4.69) is 5.32 Å². The van der Waals surface area contributed by atoms with Gasteiger partial charge >= 0.3 is 0 Å². The van der Waals surface area contributed by atoms with Crippen LogP contribution in [0.3, 0.4) is 0 Å². The van der Waals surface area contributed by atoms with Gasteiger partial charge in [-0.15, -0.1) is 0 Å². The van der Waals surface area contributed by atoms with E-state index in [9.17, 15) is 14.4 Å². The highest BCUT2D eigenvalue weighted by molar-refractivity contribution is 6.31. The molecule has 0 bridgehead atoms. The number of methoxy groups -OCH3 is 1. The molecule has 3 amide bonds. The maximum absolute atomic E-state index is 12.4. The second kappa shape index (κ2) is 6.65. The second-order valence-electron chi connectivity index (χ2n) is 5.81. The van der Waals surface area contributed by atoms with Gasteiger partial charge in [-0.1, -0.05) is 23.8 Å². The number of anilines is 1. The molecule has 126 valence electrons. The summed E-state index contributed by atoms with van der Waals surface area (Å²) >= 11 is 5.92. The summed E-state index contributed by atoms with van der Waals surface area (Å²) in [5.74, 6) is -1.24. The number of hydrogen-bond donors (Lipinski definition) is 1. The van der Waals surface area contributed by atoms with Gasteiger partial charge in [-0.2, -0.15) is 0 Å². The number of carbonyl (C=O) groups excluding carboxylic acids is 3. The van der Waals surface area contributed by atoms with Crippen LogP contribution in [0.25, 0.3) is 0 Å². The Balaban J connectivity index is 1.71. The molecule has 24 heavy (non-hydrogen) atoms. The van der Waals surface area contributed by atoms with Crippen LogP contribution < -0.4 is 10.1 Å². The van der Waals surface area contributed by atoms with Crippen LogP contribution in [0.15, 0.2) is 30.4 Å². The van der Waals surface area contributed by atoms with Gasteiger partial charge in [0.15, 0.2) is 0 Å². The molecule has 6 nitrogen and oxygen atoms in total. The molecule has 1 aliphatic heterocycles. The summed E-state index contributed by atoms with van der Waals surface area (Å²) in [4.78, 5) is 38.0. The number of amides is 3. The second-order valence-corrected chi connectivity index (χ2v) is 6.25. The molecule has 2 aliphatic rings. The molecule has 1 saturated heterocycles. The molecule has 1 aromatic carbocycles. The predicted molar refractivity (Wildman–Crippen MR) is 88.7 cm³/mol. The maximum Gasteiger partial charge on any atom is 0.244 e. The van der Waals surface area contributed by atoms with Gasteiger partial charge in [-0.3, -0.25) is 19.3 Å². The lowest BCUT2D eigenvalue weighted by atomic mass is 9.85. The summed E-state index contributed by atoms with van der Waals surface area (Å²) in [6.07, 6.45) is 4.92. The number of imide groups is 1. The zero-order valence-corrected chi connectivity index (χ0v) is 13.9. The van der Waals surface area contributed by atoms with Crippen molar-refractivity contribution in [2.24, 2.45) is 11.8 Å². The number of nitrogens with one attached hydrogen (secondary N) is 1. The van der Waals surface area contributed by atoms with Crippen molar-refractivity contribution in [1.82, 2.24) is 4.90 Å². The molecule has 0 saturated carbocycles. The zero-order valence-electron chi connectivity index (χ0n) is 13.1. The smallest absolute Gasteiger partial charge is 0.244 e. The molecule has 1 N–H and O–H groups in total. The van der Waals surface area contributed by atoms with E-state index in [-0.39, 0.29) is 30.2 Å². The lowest BCUT2D eigenvalue weighted by molar-refractivity contribution is -0.142. The summed E-state index contributed by atoms with van der Waals surface area (Å²) in [6, 6.07) is 4.82. The third kappa shape index (κ3) is 3.01. The molecule has 0 radical (unpaired) electrons. The Morgan fingerprint density at radius 2 is 1.88 bits per heavy atom. The van der Waals surface area contributed by atoms with E-state index in [1.54, 1.807) is 18.2 Å². The van der Waals surface area contributed by atoms with Gasteiger partial charge in [0.2, 0.25) is 17.7 Å². The molecule has 1 fully saturated rings. The largest absolute Gasteiger partial charge is 0.495 e. The van der Waals surface area contributed by atoms with Crippen molar-refractivity contribution in [3.8, 4) is 5.75 Å². The van der Waals surface area contributed by atoms with Gasteiger partial charge in [0.1, 0.15) is 12.3 Å². The Bertz CT molecular complexity index is 705. The third-order valence-electron chi connectivity index (χ3n) is 4.34. The van der Waals surface area contributed by atoms with Crippen LogP contribution >= 0.6 is 11.6 Å². The Morgan fingerprint density at radius 3 is 2.46 bits per heavy atom. The number of rotatable bonds is 4. The molecule has 1 aromatic rings. The number of ether oxygens (including phenoxy) is 1. The van der Waals surface area contributed by atoms with Crippen molar-refractivity contribution in [1.29, 1.82) is 0 Å². The lowest BCUT2D eigenvalue weighted by Crippen LogP contribution is -2.38. The van der Waals surface area contributed by atoms with Gasteiger partial charge in [-0.25, -0.2) is 0 Å². The highest BCUT2D eigenvalue weighted by Gasteiger charge is 2.47. The van der Waals surface area contributed by atoms with Crippen molar-refractivity contribution in [3.63, 3.8) is 0 Å². The average Bonchev–Trinajstić information content (AvgIpc) is 2.80. The molecular formula is C17H17ClN2O4. The first kappa shape index (κ1) is 16.5. The fraction of sp³-hybridized carbons (Fsp3) is 0.353. The first-order valence-corrected chi connectivity index (χ1v) is 8.02. The fourth-order valence-electron chi connectivity index (χ4n) is 3.14. The topological polar surface area (TPSA) is 75.7 Å². The van der Waals surface area contributed by atoms with Gasteiger partial charge in [-0.05, 0) is 31.0 Å². The van der Waals surface area contributed by atoms with Crippen LogP contribution in [0.5, 0.6) is 5.75 Å². The number of carbonyl (C=O) groups is 3. The van der Waals surface area contributed by atoms with Crippen LogP contribution in [-0.2, 0) is 14.4 Å². The van der Waals surface area contributed by atoms with E-state index in [4.69, 9.17) is 16.3 Å². The minimum absolute atomic E-state index is 0.275. The molecule has 7 heteroatoms. The fourth-order valence-corrected chi connectivity index (χ4v) is 3.31. The Kier molecular flexibility index (Phi) is 4.57. The number of nitrogens with zero attached hydrogens (tertiary/aromatic N) is 1. The summed E-state index contributed by atoms with van der Waals surface area (Å²) in [5, 5.41) is 3.08. The first-order valence-electron chi connectivity index (χ1n) is 7.65. The van der Waals surface area contributed by atoms with Gasteiger partial charge < -0.3 is 10.1 Å². The quantitative estimate of drug-likeness (QED) is 0.668. The first-order chi connectivity index (χ1) is 11.5. The minimum atomic E-state index is -0.469. The summed E-state index contributed by atoms with van der Waals surface area (Å²) in [5.41, 5.74) is 0.396. The predicted octanol–water partition coefficient (Wildman–Crippen LogP) is 2.24. The molecule has 0 spiro atoms. The molecule has 0 unspecified atom stereocenters. The SMILES string of the molecule is COc1ccc(Cl)cc1NC(=O)CN1C(=O)[C@@H]2CC=CC[C@H]2C1=O. The molecule has 1 heterocycles. The third-order valence-corrected chi connectivity index (χ3v) is 4.57. The number of benzene rings is 1. The Morgan fingerprint density at radius 1 is 1.25 bits per heavy atom. The van der Waals surface area contributed by atoms with Crippen LogP contribution in [0.1, 0.15) is 12.8 Å². The van der Waals surface area contributed by atoms with Crippen molar-refractivity contribution >= 4 is 35.0 Å². The van der Waals surface area contributed by atoms with Crippen molar-refractivity contribution in [2.75, 3.05) is 19.0 Å². The molecule has 2 atom stereocenters. The molecule has 0 aromatic heterocycles. The van der Waals surface area contributed by atoms with Crippen molar-refractivity contribution < 1.29 is 19.1 Å². The van der Waals surface area contributed by atoms with Crippen LogP contribution in [0.2, 0.25) is 5.02 Å². The summed E-state index contributed by atoms with van der Waals surface area (Å²) in [6.45, 7) is -0.305. The monoisotopic (exact) mass is 348 g/mol. The van der Waals surface area contributed by atoms with E-state index < -0.39 is 5.91 Å². The normalized spacial score (nSPS) is 22.5. The van der Waals surface area contributed by atoms with E-state index in [0.29, 0.717) is 29.3 Å². The van der Waals surface area contributed by atoms with Gasteiger partial charge in [0.05, 0.1) is 24.6 Å². The van der Waals surface area contributed by atoms with Crippen molar-refractivity contribution in [3.05, 3.63) is 35.4 Å². The summed E-state index contributed by atoms with van der Waals surface area (Å²) < 4.78 is 5.16. The number of halogens is 1. The standard InChI is InChI=1S/C17H17ClN2O4/c1-24-14-7-6-10(18)8-13(14)19-15(21)9-20-16(22)11-4-2-3-5-12(11)17(20)23/h2-3,6-8,11-12H,4-5,9H2,1H3,(H,19,21)/t11-,12-/m1/s1. The zero-order chi connectivity index (χ0) is 17.3. The van der Waals surface area contributed by atoms with E-state index in [1.165, 1.54) is 7.11 Å². The van der Waals surface area contributed by atoms with Crippen molar-refractivity contribution in [2.45, 2.75) is 12.8 Å². The number of hydrogen-bond acceptors (Lipinski definition) is 4. The molecule has 1 aliphatic carbocycles.